The van der Waals surface area contributed by atoms with Crippen molar-refractivity contribution in [2.75, 3.05) is 11.9 Å². The van der Waals surface area contributed by atoms with Gasteiger partial charge in [-0.05, 0) is 55.0 Å². The van der Waals surface area contributed by atoms with Crippen LogP contribution in [0.4, 0.5) is 10.1 Å². The van der Waals surface area contributed by atoms with E-state index in [1.165, 1.54) is 24.3 Å². The van der Waals surface area contributed by atoms with Gasteiger partial charge in [-0.2, -0.15) is 0 Å². The van der Waals surface area contributed by atoms with Crippen LogP contribution in [0.5, 0.6) is 0 Å². The molecule has 0 bridgehead atoms. The average molecular weight is 411 g/mol. The van der Waals surface area contributed by atoms with Crippen molar-refractivity contribution in [1.82, 2.24) is 9.47 Å². The van der Waals surface area contributed by atoms with Crippen LogP contribution in [0.3, 0.4) is 0 Å². The highest BCUT2D eigenvalue weighted by atomic mass is 19.1. The van der Waals surface area contributed by atoms with Gasteiger partial charge in [0.1, 0.15) is 11.6 Å². The van der Waals surface area contributed by atoms with Crippen molar-refractivity contribution in [3.8, 4) is 0 Å². The number of anilines is 1. The minimum Gasteiger partial charge on any atom is -0.454 e. The van der Waals surface area contributed by atoms with Crippen molar-refractivity contribution < 1.29 is 18.4 Å². The first-order valence-electron chi connectivity index (χ1n) is 10.1. The monoisotopic (exact) mass is 411 g/mol. The number of carbonyl (C=O) groups is 2. The fourth-order valence-electron chi connectivity index (χ4n) is 3.21. The zero-order valence-electron chi connectivity index (χ0n) is 17.2. The Bertz CT molecular complexity index is 991. The van der Waals surface area contributed by atoms with Crippen LogP contribution < -0.4 is 5.32 Å². The number of nitrogens with zero attached hydrogens (tertiary/aromatic N) is 2. The molecule has 7 heteroatoms. The highest BCUT2D eigenvalue weighted by Crippen LogP contribution is 2.16. The van der Waals surface area contributed by atoms with Crippen LogP contribution in [0.15, 0.2) is 59.1 Å². The maximum Gasteiger partial charge on any atom is 0.291 e. The molecule has 2 heterocycles. The molecule has 0 spiro atoms. The molecule has 0 unspecified atom stereocenters. The van der Waals surface area contributed by atoms with E-state index in [4.69, 9.17) is 4.42 Å². The smallest absolute Gasteiger partial charge is 0.291 e. The molecule has 3 aromatic rings. The first-order valence-corrected chi connectivity index (χ1v) is 10.1. The van der Waals surface area contributed by atoms with E-state index in [0.717, 1.165) is 12.1 Å². The molecule has 6 nitrogen and oxygen atoms in total. The minimum atomic E-state index is -0.400. The Morgan fingerprint density at radius 3 is 2.57 bits per heavy atom. The van der Waals surface area contributed by atoms with Gasteiger partial charge in [0.25, 0.3) is 5.91 Å². The molecule has 0 aliphatic carbocycles. The highest BCUT2D eigenvalue weighted by molar-refractivity contribution is 6.02. The molecule has 1 aromatic carbocycles. The van der Waals surface area contributed by atoms with Crippen molar-refractivity contribution in [2.24, 2.45) is 0 Å². The Hall–Kier alpha value is -3.35. The van der Waals surface area contributed by atoms with Gasteiger partial charge in [0.15, 0.2) is 5.76 Å². The molecule has 1 N–H and O–H groups in total. The second-order valence-electron chi connectivity index (χ2n) is 7.02. The Labute approximate surface area is 175 Å². The van der Waals surface area contributed by atoms with Crippen LogP contribution in [0.1, 0.15) is 48.7 Å². The molecule has 0 saturated heterocycles. The van der Waals surface area contributed by atoms with Crippen molar-refractivity contribution in [2.45, 2.75) is 39.8 Å². The van der Waals surface area contributed by atoms with Crippen LogP contribution >= 0.6 is 0 Å². The molecule has 0 fully saturated rings. The average Bonchev–Trinajstić information content (AvgIpc) is 3.39. The van der Waals surface area contributed by atoms with E-state index in [2.05, 4.69) is 12.2 Å². The van der Waals surface area contributed by atoms with Gasteiger partial charge in [-0.1, -0.05) is 13.8 Å². The molecule has 30 heavy (non-hydrogen) atoms. The van der Waals surface area contributed by atoms with Gasteiger partial charge in [0, 0.05) is 30.5 Å². The number of benzene rings is 1. The Balaban J connectivity index is 1.66. The SMILES string of the molecule is CCCN(Cc1cccn1Cc1ccc(C(=O)Nc2ccc(F)cc2)o1)C(=O)CC. The molecule has 2 amide bonds. The van der Waals surface area contributed by atoms with Crippen LogP contribution in [0.25, 0.3) is 0 Å². The fourth-order valence-corrected chi connectivity index (χ4v) is 3.21. The van der Waals surface area contributed by atoms with Crippen molar-refractivity contribution in [3.63, 3.8) is 0 Å². The maximum atomic E-state index is 13.0. The van der Waals surface area contributed by atoms with Crippen LogP contribution in [0.2, 0.25) is 0 Å². The molecular weight excluding hydrogens is 385 g/mol. The third kappa shape index (κ3) is 5.37. The molecule has 0 aliphatic rings. The van der Waals surface area contributed by atoms with E-state index in [1.54, 1.807) is 12.1 Å². The minimum absolute atomic E-state index is 0.127. The second-order valence-corrected chi connectivity index (χ2v) is 7.02. The van der Waals surface area contributed by atoms with Crippen molar-refractivity contribution in [1.29, 1.82) is 0 Å². The first kappa shape index (κ1) is 21.4. The molecule has 0 aliphatic heterocycles. The van der Waals surface area contributed by atoms with E-state index < -0.39 is 5.91 Å². The number of nitrogens with one attached hydrogen (secondary N) is 1. The third-order valence-electron chi connectivity index (χ3n) is 4.74. The maximum absolute atomic E-state index is 13.0. The van der Waals surface area contributed by atoms with E-state index in [0.29, 0.717) is 37.5 Å². The van der Waals surface area contributed by atoms with E-state index in [9.17, 15) is 14.0 Å². The summed E-state index contributed by atoms with van der Waals surface area (Å²) in [5.74, 6) is 0.164. The summed E-state index contributed by atoms with van der Waals surface area (Å²) >= 11 is 0. The quantitative estimate of drug-likeness (QED) is 0.556. The van der Waals surface area contributed by atoms with Crippen LogP contribution in [-0.2, 0) is 17.9 Å². The number of rotatable bonds is 9. The zero-order chi connectivity index (χ0) is 21.5. The van der Waals surface area contributed by atoms with Crippen LogP contribution in [0, 0.1) is 5.82 Å². The van der Waals surface area contributed by atoms with Crippen molar-refractivity contribution in [3.05, 3.63) is 77.8 Å². The molecule has 2 aromatic heterocycles. The van der Waals surface area contributed by atoms with Gasteiger partial charge >= 0.3 is 0 Å². The van der Waals surface area contributed by atoms with Gasteiger partial charge in [-0.25, -0.2) is 4.39 Å². The number of hydrogen-bond acceptors (Lipinski definition) is 3. The zero-order valence-corrected chi connectivity index (χ0v) is 17.2. The Morgan fingerprint density at radius 2 is 1.87 bits per heavy atom. The molecule has 3 rings (SSSR count). The summed E-state index contributed by atoms with van der Waals surface area (Å²) in [5.41, 5.74) is 1.49. The predicted octanol–water partition coefficient (Wildman–Crippen LogP) is 4.67. The lowest BCUT2D eigenvalue weighted by Crippen LogP contribution is -2.31. The van der Waals surface area contributed by atoms with Gasteiger partial charge in [-0.3, -0.25) is 9.59 Å². The number of carbonyl (C=O) groups excluding carboxylic acids is 2. The lowest BCUT2D eigenvalue weighted by molar-refractivity contribution is -0.131. The number of hydrogen-bond donors (Lipinski definition) is 1. The molecule has 0 atom stereocenters. The summed E-state index contributed by atoms with van der Waals surface area (Å²) in [6.45, 7) is 5.62. The predicted molar refractivity (Wildman–Crippen MR) is 113 cm³/mol. The van der Waals surface area contributed by atoms with E-state index in [-0.39, 0.29) is 17.5 Å². The number of halogens is 1. The van der Waals surface area contributed by atoms with Crippen molar-refractivity contribution >= 4 is 17.5 Å². The standard InChI is InChI=1S/C23H26FN3O3/c1-3-13-27(22(28)4-2)15-19-6-5-14-26(19)16-20-11-12-21(30-20)23(29)25-18-9-7-17(24)8-10-18/h5-12,14H,3-4,13,15-16H2,1-2H3,(H,25,29). The summed E-state index contributed by atoms with van der Waals surface area (Å²) in [7, 11) is 0. The second kappa shape index (κ2) is 9.91. The number of aromatic nitrogens is 1. The molecule has 158 valence electrons. The van der Waals surface area contributed by atoms with Gasteiger partial charge < -0.3 is 19.2 Å². The van der Waals surface area contributed by atoms with Gasteiger partial charge in [0.2, 0.25) is 5.91 Å². The molecule has 0 saturated carbocycles. The van der Waals surface area contributed by atoms with Gasteiger partial charge in [-0.15, -0.1) is 0 Å². The largest absolute Gasteiger partial charge is 0.454 e. The van der Waals surface area contributed by atoms with Gasteiger partial charge in [0.05, 0.1) is 13.1 Å². The number of furan rings is 1. The normalized spacial score (nSPS) is 10.8. The first-order chi connectivity index (χ1) is 14.5. The fraction of sp³-hybridized carbons (Fsp3) is 0.304. The summed E-state index contributed by atoms with van der Waals surface area (Å²) in [4.78, 5) is 26.4. The molecular formula is C23H26FN3O3. The van der Waals surface area contributed by atoms with Crippen LogP contribution in [-0.4, -0.2) is 27.8 Å². The lowest BCUT2D eigenvalue weighted by atomic mass is 10.3. The Morgan fingerprint density at radius 1 is 1.10 bits per heavy atom. The Kier molecular flexibility index (Phi) is 7.06. The topological polar surface area (TPSA) is 67.5 Å². The number of amides is 2. The summed E-state index contributed by atoms with van der Waals surface area (Å²) in [5, 5.41) is 2.68. The molecule has 0 radical (unpaired) electrons. The van der Waals surface area contributed by atoms with E-state index >= 15 is 0 Å². The highest BCUT2D eigenvalue weighted by Gasteiger charge is 2.15. The summed E-state index contributed by atoms with van der Waals surface area (Å²) in [6.07, 6.45) is 3.30. The summed E-state index contributed by atoms with van der Waals surface area (Å²) < 4.78 is 20.7. The summed E-state index contributed by atoms with van der Waals surface area (Å²) in [6, 6.07) is 12.8. The lowest BCUT2D eigenvalue weighted by Gasteiger charge is -2.22. The third-order valence-corrected chi connectivity index (χ3v) is 4.74. The van der Waals surface area contributed by atoms with E-state index in [1.807, 2.05) is 34.7 Å².